The van der Waals surface area contributed by atoms with Gasteiger partial charge in [-0.3, -0.25) is 20.6 Å². The highest BCUT2D eigenvalue weighted by atomic mass is 32.1. The molecule has 1 aromatic rings. The van der Waals surface area contributed by atoms with Crippen LogP contribution in [-0.4, -0.2) is 21.1 Å². The first kappa shape index (κ1) is 13.8. The number of aryl methyl sites for hydroxylation is 1. The zero-order valence-corrected chi connectivity index (χ0v) is 11.8. The molecule has 1 aromatic heterocycles. The average molecular weight is 281 g/mol. The molecule has 1 fully saturated rings. The first-order valence-electron chi connectivity index (χ1n) is 6.54. The van der Waals surface area contributed by atoms with Crippen molar-refractivity contribution in [3.63, 3.8) is 0 Å². The molecule has 1 heterocycles. The molecule has 104 valence electrons. The Labute approximate surface area is 117 Å². The van der Waals surface area contributed by atoms with Crippen molar-refractivity contribution in [2.45, 2.75) is 45.1 Å². The number of nitrogens with zero attached hydrogens (tertiary/aromatic N) is 1. The Balaban J connectivity index is 1.80. The summed E-state index contributed by atoms with van der Waals surface area (Å²) in [7, 11) is 0. The van der Waals surface area contributed by atoms with Crippen molar-refractivity contribution in [2.75, 3.05) is 5.43 Å². The van der Waals surface area contributed by atoms with Gasteiger partial charge in [-0.15, -0.1) is 0 Å². The zero-order valence-electron chi connectivity index (χ0n) is 11.0. The number of hydrazine groups is 1. The first-order chi connectivity index (χ1) is 9.13. The summed E-state index contributed by atoms with van der Waals surface area (Å²) in [5.74, 6) is 0.359. The van der Waals surface area contributed by atoms with E-state index in [1.165, 1.54) is 25.3 Å². The Morgan fingerprint density at radius 2 is 2.16 bits per heavy atom. The Kier molecular flexibility index (Phi) is 4.73. The lowest BCUT2D eigenvalue weighted by Gasteiger charge is -2.24. The molecule has 0 unspecified atom stereocenters. The lowest BCUT2D eigenvalue weighted by Crippen LogP contribution is -2.45. The van der Waals surface area contributed by atoms with Crippen LogP contribution in [0.5, 0.6) is 0 Å². The normalized spacial score (nSPS) is 15.8. The lowest BCUT2D eigenvalue weighted by molar-refractivity contribution is 0.412. The van der Waals surface area contributed by atoms with E-state index < -0.39 is 0 Å². The second-order valence-corrected chi connectivity index (χ2v) is 5.20. The number of aromatic amines is 1. The van der Waals surface area contributed by atoms with Gasteiger partial charge in [0.15, 0.2) is 5.11 Å². The van der Waals surface area contributed by atoms with Crippen molar-refractivity contribution in [1.82, 2.24) is 20.7 Å². The van der Waals surface area contributed by atoms with Crippen molar-refractivity contribution in [3.05, 3.63) is 22.1 Å². The molecular formula is C12H19N5OS. The second kappa shape index (κ2) is 6.51. The molecule has 0 amide bonds. The van der Waals surface area contributed by atoms with Crippen LogP contribution in [0.25, 0.3) is 0 Å². The molecule has 0 spiro atoms. The maximum Gasteiger partial charge on any atom is 0.252 e. The van der Waals surface area contributed by atoms with Crippen molar-refractivity contribution in [2.24, 2.45) is 0 Å². The molecule has 19 heavy (non-hydrogen) atoms. The summed E-state index contributed by atoms with van der Waals surface area (Å²) in [5, 5.41) is 3.78. The Bertz CT molecular complexity index is 495. The minimum Gasteiger partial charge on any atom is -0.359 e. The van der Waals surface area contributed by atoms with Gasteiger partial charge in [-0.2, -0.15) is 0 Å². The number of H-pyrrole nitrogens is 1. The van der Waals surface area contributed by atoms with Crippen LogP contribution < -0.4 is 21.7 Å². The standard InChI is InChI=1S/C12H19N5OS/c1-8-7-10(18)15-11(13-8)16-17-12(19)14-9-5-3-2-4-6-9/h7,9H,2-6H2,1H3,(H2,14,17,19)(H2,13,15,16,18). The molecule has 4 N–H and O–H groups in total. The lowest BCUT2D eigenvalue weighted by atomic mass is 9.96. The summed E-state index contributed by atoms with van der Waals surface area (Å²) in [6.45, 7) is 1.76. The van der Waals surface area contributed by atoms with E-state index in [1.54, 1.807) is 6.92 Å². The number of aromatic nitrogens is 2. The molecule has 7 heteroatoms. The topological polar surface area (TPSA) is 81.8 Å². The van der Waals surface area contributed by atoms with Crippen molar-refractivity contribution in [3.8, 4) is 0 Å². The van der Waals surface area contributed by atoms with Crippen LogP contribution in [0.15, 0.2) is 10.9 Å². The molecule has 2 rings (SSSR count). The minimum absolute atomic E-state index is 0.192. The van der Waals surface area contributed by atoms with Crippen LogP contribution in [0.1, 0.15) is 37.8 Å². The SMILES string of the molecule is Cc1cc(=O)[nH]c(NNC(=S)NC2CCCCC2)n1. The highest BCUT2D eigenvalue weighted by Crippen LogP contribution is 2.17. The third kappa shape index (κ3) is 4.51. The second-order valence-electron chi connectivity index (χ2n) is 4.79. The Morgan fingerprint density at radius 3 is 2.84 bits per heavy atom. The van der Waals surface area contributed by atoms with Crippen LogP contribution in [0.2, 0.25) is 0 Å². The number of nitrogens with one attached hydrogen (secondary N) is 4. The maximum atomic E-state index is 11.3. The van der Waals surface area contributed by atoms with Gasteiger partial charge in [0.05, 0.1) is 0 Å². The van der Waals surface area contributed by atoms with E-state index in [9.17, 15) is 4.79 Å². The maximum absolute atomic E-state index is 11.3. The van der Waals surface area contributed by atoms with Crippen molar-refractivity contribution < 1.29 is 0 Å². The molecule has 0 bridgehead atoms. The van der Waals surface area contributed by atoms with E-state index in [2.05, 4.69) is 26.1 Å². The van der Waals surface area contributed by atoms with Crippen LogP contribution >= 0.6 is 12.2 Å². The van der Waals surface area contributed by atoms with Gasteiger partial charge in [-0.05, 0) is 32.0 Å². The van der Waals surface area contributed by atoms with Gasteiger partial charge >= 0.3 is 0 Å². The first-order valence-corrected chi connectivity index (χ1v) is 6.95. The van der Waals surface area contributed by atoms with Crippen molar-refractivity contribution in [1.29, 1.82) is 0 Å². The molecule has 1 saturated carbocycles. The fourth-order valence-electron chi connectivity index (χ4n) is 2.22. The van der Waals surface area contributed by atoms with Crippen LogP contribution in [-0.2, 0) is 0 Å². The third-order valence-electron chi connectivity index (χ3n) is 3.10. The van der Waals surface area contributed by atoms with Gasteiger partial charge < -0.3 is 5.32 Å². The van der Waals surface area contributed by atoms with Crippen LogP contribution in [0.4, 0.5) is 5.95 Å². The predicted octanol–water partition coefficient (Wildman–Crippen LogP) is 1.20. The van der Waals surface area contributed by atoms with E-state index in [-0.39, 0.29) is 5.56 Å². The molecule has 0 aromatic carbocycles. The average Bonchev–Trinajstić information content (AvgIpc) is 2.36. The molecule has 0 saturated heterocycles. The van der Waals surface area contributed by atoms with Crippen molar-refractivity contribution >= 4 is 23.3 Å². The predicted molar refractivity (Wildman–Crippen MR) is 79.0 cm³/mol. The smallest absolute Gasteiger partial charge is 0.252 e. The van der Waals surface area contributed by atoms with Gasteiger partial charge in [0.25, 0.3) is 5.56 Å². The number of thiocarbonyl (C=S) groups is 1. The van der Waals surface area contributed by atoms with E-state index in [4.69, 9.17) is 12.2 Å². The molecular weight excluding hydrogens is 262 g/mol. The van der Waals surface area contributed by atoms with Crippen LogP contribution in [0.3, 0.4) is 0 Å². The van der Waals surface area contributed by atoms with Gasteiger partial charge in [0.1, 0.15) is 0 Å². The number of anilines is 1. The highest BCUT2D eigenvalue weighted by molar-refractivity contribution is 7.80. The monoisotopic (exact) mass is 281 g/mol. The highest BCUT2D eigenvalue weighted by Gasteiger charge is 2.13. The molecule has 0 aliphatic heterocycles. The number of hydrogen-bond acceptors (Lipinski definition) is 4. The Morgan fingerprint density at radius 1 is 1.42 bits per heavy atom. The largest absolute Gasteiger partial charge is 0.359 e. The molecule has 1 aliphatic rings. The van der Waals surface area contributed by atoms with E-state index in [0.717, 1.165) is 12.8 Å². The van der Waals surface area contributed by atoms with E-state index in [0.29, 0.717) is 22.8 Å². The summed E-state index contributed by atoms with van der Waals surface area (Å²) in [6.07, 6.45) is 6.12. The summed E-state index contributed by atoms with van der Waals surface area (Å²) in [6, 6.07) is 1.88. The van der Waals surface area contributed by atoms with E-state index in [1.807, 2.05) is 0 Å². The molecule has 0 radical (unpaired) electrons. The van der Waals surface area contributed by atoms with Gasteiger partial charge in [0.2, 0.25) is 5.95 Å². The molecule has 0 atom stereocenters. The zero-order chi connectivity index (χ0) is 13.7. The van der Waals surface area contributed by atoms with Gasteiger partial charge in [-0.25, -0.2) is 4.98 Å². The summed E-state index contributed by atoms with van der Waals surface area (Å²) in [4.78, 5) is 18.0. The van der Waals surface area contributed by atoms with Crippen LogP contribution in [0, 0.1) is 6.92 Å². The molecule has 6 nitrogen and oxygen atoms in total. The third-order valence-corrected chi connectivity index (χ3v) is 3.32. The molecule has 1 aliphatic carbocycles. The fourth-order valence-corrected chi connectivity index (χ4v) is 2.44. The Hall–Kier alpha value is -1.63. The van der Waals surface area contributed by atoms with Gasteiger partial charge in [-0.1, -0.05) is 19.3 Å². The summed E-state index contributed by atoms with van der Waals surface area (Å²) in [5.41, 5.74) is 6.09. The minimum atomic E-state index is -0.192. The quantitative estimate of drug-likeness (QED) is 0.492. The fraction of sp³-hybridized carbons (Fsp3) is 0.583. The van der Waals surface area contributed by atoms with E-state index >= 15 is 0 Å². The summed E-state index contributed by atoms with van der Waals surface area (Å²) < 4.78 is 0. The summed E-state index contributed by atoms with van der Waals surface area (Å²) >= 11 is 5.20. The van der Waals surface area contributed by atoms with Gasteiger partial charge in [0, 0.05) is 17.8 Å². The number of hydrogen-bond donors (Lipinski definition) is 4. The number of rotatable bonds is 3.